The Morgan fingerprint density at radius 1 is 0.944 bits per heavy atom. The van der Waals surface area contributed by atoms with Gasteiger partial charge < -0.3 is 15.1 Å². The molecule has 1 aliphatic heterocycles. The molecule has 4 heterocycles. The number of pyridine rings is 1. The van der Waals surface area contributed by atoms with Crippen LogP contribution in [0.2, 0.25) is 0 Å². The summed E-state index contributed by atoms with van der Waals surface area (Å²) < 4.78 is 15.8. The second-order valence-electron chi connectivity index (χ2n) is 10.0. The molecular weight excluding hydrogens is 453 g/mol. The monoisotopic (exact) mass is 485 g/mol. The molecule has 4 aromatic rings. The van der Waals surface area contributed by atoms with Gasteiger partial charge in [0.1, 0.15) is 17.3 Å². The number of anilines is 2. The van der Waals surface area contributed by atoms with E-state index >= 15 is 0 Å². The number of nitrogens with zero attached hydrogens (tertiary/aromatic N) is 6. The van der Waals surface area contributed by atoms with Crippen molar-refractivity contribution in [1.29, 1.82) is 0 Å². The molecule has 186 valence electrons. The zero-order chi connectivity index (χ0) is 24.6. The maximum absolute atomic E-state index is 13.8. The number of halogens is 1. The van der Waals surface area contributed by atoms with E-state index in [9.17, 15) is 4.39 Å². The lowest BCUT2D eigenvalue weighted by molar-refractivity contribution is 0.311. The molecule has 2 fully saturated rings. The number of hydrogen-bond donors (Lipinski definition) is 1. The number of hydrogen-bond acceptors (Lipinski definition) is 6. The summed E-state index contributed by atoms with van der Waals surface area (Å²) in [5.41, 5.74) is 5.31. The summed E-state index contributed by atoms with van der Waals surface area (Å²) in [6, 6.07) is 15.3. The van der Waals surface area contributed by atoms with Crippen LogP contribution in [0.4, 0.5) is 16.2 Å². The van der Waals surface area contributed by atoms with Crippen LogP contribution < -0.4 is 10.2 Å². The van der Waals surface area contributed by atoms with Gasteiger partial charge in [0.05, 0.1) is 16.8 Å². The zero-order valence-electron chi connectivity index (χ0n) is 20.9. The van der Waals surface area contributed by atoms with Crippen molar-refractivity contribution in [3.63, 3.8) is 0 Å². The third-order valence-electron chi connectivity index (χ3n) is 7.38. The fourth-order valence-corrected chi connectivity index (χ4v) is 5.41. The Bertz CT molecular complexity index is 1370. The van der Waals surface area contributed by atoms with Crippen molar-refractivity contribution < 1.29 is 4.39 Å². The molecule has 1 saturated heterocycles. The summed E-state index contributed by atoms with van der Waals surface area (Å²) in [4.78, 5) is 14.4. The smallest absolute Gasteiger partial charge is 0.223 e. The van der Waals surface area contributed by atoms with Crippen LogP contribution in [0.5, 0.6) is 0 Å². The Balaban J connectivity index is 1.51. The maximum atomic E-state index is 13.8. The average molecular weight is 486 g/mol. The molecule has 3 aromatic heterocycles. The quantitative estimate of drug-likeness (QED) is 0.429. The van der Waals surface area contributed by atoms with Crippen LogP contribution in [-0.2, 0) is 0 Å². The summed E-state index contributed by atoms with van der Waals surface area (Å²) >= 11 is 0. The van der Waals surface area contributed by atoms with E-state index in [4.69, 9.17) is 10.1 Å². The second kappa shape index (κ2) is 9.50. The summed E-state index contributed by atoms with van der Waals surface area (Å²) in [7, 11) is 2.16. The number of benzene rings is 1. The molecule has 0 unspecified atom stereocenters. The van der Waals surface area contributed by atoms with Crippen LogP contribution in [0.15, 0.2) is 48.5 Å². The molecule has 8 heteroatoms. The highest BCUT2D eigenvalue weighted by molar-refractivity contribution is 5.92. The standard InChI is InChI=1S/C28H32FN7/c1-19-18-23(32-28(30-19)31-22-6-3-4-7-22)26-24-8-5-9-25(35-16-14-34(2)15-17-35)36(24)33-27(26)20-10-12-21(29)13-11-20/h5,8-13,18,22H,3-4,6-7,14-17H2,1-2H3,(H,30,31,32). The van der Waals surface area contributed by atoms with Crippen LogP contribution in [0.1, 0.15) is 31.4 Å². The molecule has 0 atom stereocenters. The fraction of sp³-hybridized carbons (Fsp3) is 0.393. The fourth-order valence-electron chi connectivity index (χ4n) is 5.41. The van der Waals surface area contributed by atoms with Crippen LogP contribution in [-0.4, -0.2) is 63.8 Å². The summed E-state index contributed by atoms with van der Waals surface area (Å²) in [5.74, 6) is 1.46. The Labute approximate surface area is 211 Å². The van der Waals surface area contributed by atoms with Crippen LogP contribution >= 0.6 is 0 Å². The molecule has 0 radical (unpaired) electrons. The van der Waals surface area contributed by atoms with E-state index in [0.29, 0.717) is 12.0 Å². The van der Waals surface area contributed by atoms with Crippen molar-refractivity contribution in [2.45, 2.75) is 38.6 Å². The van der Waals surface area contributed by atoms with Crippen molar-refractivity contribution in [2.75, 3.05) is 43.4 Å². The van der Waals surface area contributed by atoms with Crippen LogP contribution in [0, 0.1) is 12.7 Å². The van der Waals surface area contributed by atoms with Gasteiger partial charge in [0.15, 0.2) is 0 Å². The number of fused-ring (bicyclic) bond motifs is 1. The van der Waals surface area contributed by atoms with Crippen LogP contribution in [0.3, 0.4) is 0 Å². The highest BCUT2D eigenvalue weighted by Crippen LogP contribution is 2.37. The molecule has 1 N–H and O–H groups in total. The molecule has 1 saturated carbocycles. The minimum absolute atomic E-state index is 0.261. The first-order valence-corrected chi connectivity index (χ1v) is 12.9. The Kier molecular flexibility index (Phi) is 6.05. The lowest BCUT2D eigenvalue weighted by Crippen LogP contribution is -2.45. The van der Waals surface area contributed by atoms with Gasteiger partial charge in [-0.25, -0.2) is 18.9 Å². The topological polar surface area (TPSA) is 61.6 Å². The van der Waals surface area contributed by atoms with Crippen LogP contribution in [0.25, 0.3) is 28.0 Å². The van der Waals surface area contributed by atoms with E-state index in [2.05, 4.69) is 45.3 Å². The minimum Gasteiger partial charge on any atom is -0.354 e. The lowest BCUT2D eigenvalue weighted by Gasteiger charge is -2.33. The number of likely N-dealkylation sites (N-methyl/N-ethyl adjacent to an activating group) is 1. The van der Waals surface area contributed by atoms with E-state index in [1.807, 2.05) is 17.5 Å². The minimum atomic E-state index is -0.261. The molecule has 0 amide bonds. The lowest BCUT2D eigenvalue weighted by atomic mass is 10.0. The van der Waals surface area contributed by atoms with Gasteiger partial charge in [-0.3, -0.25) is 0 Å². The highest BCUT2D eigenvalue weighted by atomic mass is 19.1. The van der Waals surface area contributed by atoms with Gasteiger partial charge in [0, 0.05) is 43.5 Å². The summed E-state index contributed by atoms with van der Waals surface area (Å²) in [6.07, 6.45) is 4.79. The predicted octanol–water partition coefficient (Wildman–Crippen LogP) is 5.01. The normalized spacial score (nSPS) is 17.2. The van der Waals surface area contributed by atoms with Crippen molar-refractivity contribution in [3.05, 3.63) is 60.0 Å². The number of nitrogens with one attached hydrogen (secondary N) is 1. The van der Waals surface area contributed by atoms with Crippen molar-refractivity contribution in [1.82, 2.24) is 24.5 Å². The van der Waals surface area contributed by atoms with Crippen molar-refractivity contribution in [3.8, 4) is 22.5 Å². The van der Waals surface area contributed by atoms with E-state index in [1.165, 1.54) is 25.0 Å². The molecular formula is C28H32FN7. The Morgan fingerprint density at radius 3 is 2.44 bits per heavy atom. The molecule has 6 rings (SSSR count). The van der Waals surface area contributed by atoms with E-state index in [1.54, 1.807) is 12.1 Å². The first-order chi connectivity index (χ1) is 17.5. The van der Waals surface area contributed by atoms with E-state index in [0.717, 1.165) is 78.6 Å². The largest absolute Gasteiger partial charge is 0.354 e. The molecule has 1 aromatic carbocycles. The molecule has 0 bridgehead atoms. The van der Waals surface area contributed by atoms with Gasteiger partial charge in [-0.05, 0) is 69.3 Å². The number of piperazine rings is 1. The van der Waals surface area contributed by atoms with Gasteiger partial charge >= 0.3 is 0 Å². The van der Waals surface area contributed by atoms with Gasteiger partial charge in [-0.15, -0.1) is 0 Å². The first kappa shape index (κ1) is 22.9. The van der Waals surface area contributed by atoms with E-state index < -0.39 is 0 Å². The Morgan fingerprint density at radius 2 is 1.69 bits per heavy atom. The van der Waals surface area contributed by atoms with Crippen molar-refractivity contribution >= 4 is 17.3 Å². The summed E-state index contributed by atoms with van der Waals surface area (Å²) in [5, 5.41) is 8.66. The molecule has 2 aliphatic rings. The SMILES string of the molecule is Cc1cc(-c2c(-c3ccc(F)cc3)nn3c(N4CCN(C)CC4)cccc23)nc(NC2CCCC2)n1. The molecule has 0 spiro atoms. The average Bonchev–Trinajstić information content (AvgIpc) is 3.52. The van der Waals surface area contributed by atoms with Gasteiger partial charge in [-0.2, -0.15) is 5.10 Å². The highest BCUT2D eigenvalue weighted by Gasteiger charge is 2.24. The maximum Gasteiger partial charge on any atom is 0.223 e. The number of rotatable bonds is 5. The van der Waals surface area contributed by atoms with Gasteiger partial charge in [0.2, 0.25) is 5.95 Å². The predicted molar refractivity (Wildman–Crippen MR) is 142 cm³/mol. The van der Waals surface area contributed by atoms with E-state index in [-0.39, 0.29) is 5.82 Å². The second-order valence-corrected chi connectivity index (χ2v) is 10.0. The van der Waals surface area contributed by atoms with Gasteiger partial charge in [0.25, 0.3) is 0 Å². The first-order valence-electron chi connectivity index (χ1n) is 12.9. The number of aryl methyl sites for hydroxylation is 1. The Hall–Kier alpha value is -3.52. The third-order valence-corrected chi connectivity index (χ3v) is 7.38. The molecule has 7 nitrogen and oxygen atoms in total. The van der Waals surface area contributed by atoms with Gasteiger partial charge in [-0.1, -0.05) is 18.9 Å². The van der Waals surface area contributed by atoms with Crippen molar-refractivity contribution in [2.24, 2.45) is 0 Å². The molecule has 1 aliphatic carbocycles. The summed E-state index contributed by atoms with van der Waals surface area (Å²) in [6.45, 7) is 5.91. The molecule has 36 heavy (non-hydrogen) atoms. The third kappa shape index (κ3) is 4.41. The number of aromatic nitrogens is 4. The zero-order valence-corrected chi connectivity index (χ0v) is 20.9.